The SMILES string of the molecule is CC1(CCc2ccc(OC(F)F)cc2)NC(=O)N(CC2CCCC2)C1=O. The van der Waals surface area contributed by atoms with Gasteiger partial charge in [-0.1, -0.05) is 25.0 Å². The number of nitrogens with one attached hydrogen (secondary N) is 1. The molecule has 3 rings (SSSR count). The number of nitrogens with zero attached hydrogens (tertiary/aromatic N) is 1. The molecule has 142 valence electrons. The number of carbonyl (C=O) groups is 2. The molecule has 1 N–H and O–H groups in total. The second kappa shape index (κ2) is 7.60. The van der Waals surface area contributed by atoms with Crippen molar-refractivity contribution < 1.29 is 23.1 Å². The van der Waals surface area contributed by atoms with E-state index >= 15 is 0 Å². The summed E-state index contributed by atoms with van der Waals surface area (Å²) in [5.74, 6) is 0.337. The van der Waals surface area contributed by atoms with Gasteiger partial charge in [0.05, 0.1) is 0 Å². The highest BCUT2D eigenvalue weighted by molar-refractivity contribution is 6.06. The summed E-state index contributed by atoms with van der Waals surface area (Å²) in [7, 11) is 0. The normalized spacial score (nSPS) is 23.8. The Kier molecular flexibility index (Phi) is 5.44. The first kappa shape index (κ1) is 18.6. The van der Waals surface area contributed by atoms with E-state index < -0.39 is 12.2 Å². The first-order chi connectivity index (χ1) is 12.4. The molecule has 3 amide bonds. The van der Waals surface area contributed by atoms with Crippen molar-refractivity contribution in [3.05, 3.63) is 29.8 Å². The average molecular weight is 366 g/mol. The van der Waals surface area contributed by atoms with Gasteiger partial charge in [-0.25, -0.2) is 4.79 Å². The number of hydrogen-bond acceptors (Lipinski definition) is 3. The molecular formula is C19H24F2N2O3. The number of aryl methyl sites for hydroxylation is 1. The van der Waals surface area contributed by atoms with Crippen LogP contribution in [0.3, 0.4) is 0 Å². The van der Waals surface area contributed by atoms with Crippen LogP contribution < -0.4 is 10.1 Å². The highest BCUT2D eigenvalue weighted by atomic mass is 19.3. The van der Waals surface area contributed by atoms with Crippen LogP contribution in [0.2, 0.25) is 0 Å². The second-order valence-corrected chi connectivity index (χ2v) is 7.35. The summed E-state index contributed by atoms with van der Waals surface area (Å²) < 4.78 is 28.7. The molecule has 0 radical (unpaired) electrons. The summed E-state index contributed by atoms with van der Waals surface area (Å²) in [6, 6.07) is 6.03. The first-order valence-corrected chi connectivity index (χ1v) is 9.05. The molecule has 0 aromatic heterocycles. The topological polar surface area (TPSA) is 58.6 Å². The van der Waals surface area contributed by atoms with Crippen molar-refractivity contribution in [3.63, 3.8) is 0 Å². The molecule has 0 spiro atoms. The van der Waals surface area contributed by atoms with E-state index in [1.807, 2.05) is 0 Å². The van der Waals surface area contributed by atoms with Gasteiger partial charge in [-0.3, -0.25) is 9.69 Å². The molecule has 1 aliphatic carbocycles. The Balaban J connectivity index is 1.58. The zero-order valence-corrected chi connectivity index (χ0v) is 14.8. The summed E-state index contributed by atoms with van der Waals surface area (Å²) in [6.07, 6.45) is 5.47. The van der Waals surface area contributed by atoms with Crippen molar-refractivity contribution in [2.45, 2.75) is 57.6 Å². The summed E-state index contributed by atoms with van der Waals surface area (Å²) in [6.45, 7) is -0.604. The van der Waals surface area contributed by atoms with Gasteiger partial charge in [-0.2, -0.15) is 8.78 Å². The Bertz CT molecular complexity index is 659. The monoisotopic (exact) mass is 366 g/mol. The zero-order valence-electron chi connectivity index (χ0n) is 14.8. The molecular weight excluding hydrogens is 342 g/mol. The van der Waals surface area contributed by atoms with Crippen LogP contribution in [0.15, 0.2) is 24.3 Å². The minimum Gasteiger partial charge on any atom is -0.435 e. The van der Waals surface area contributed by atoms with Crippen molar-refractivity contribution >= 4 is 11.9 Å². The van der Waals surface area contributed by atoms with Crippen LogP contribution in [-0.2, 0) is 11.2 Å². The van der Waals surface area contributed by atoms with E-state index in [1.165, 1.54) is 17.0 Å². The molecule has 0 bridgehead atoms. The summed E-state index contributed by atoms with van der Waals surface area (Å²) >= 11 is 0. The summed E-state index contributed by atoms with van der Waals surface area (Å²) in [5.41, 5.74) is -0.0301. The fraction of sp³-hybridized carbons (Fsp3) is 0.579. The van der Waals surface area contributed by atoms with Gasteiger partial charge in [0.15, 0.2) is 0 Å². The number of carbonyl (C=O) groups excluding carboxylic acids is 2. The van der Waals surface area contributed by atoms with E-state index in [9.17, 15) is 18.4 Å². The van der Waals surface area contributed by atoms with E-state index in [0.717, 1.165) is 31.2 Å². The van der Waals surface area contributed by atoms with E-state index in [2.05, 4.69) is 10.1 Å². The number of hydrogen-bond donors (Lipinski definition) is 1. The van der Waals surface area contributed by atoms with Crippen molar-refractivity contribution in [1.29, 1.82) is 0 Å². The Labute approximate surface area is 151 Å². The van der Waals surface area contributed by atoms with E-state index in [4.69, 9.17) is 0 Å². The maximum atomic E-state index is 12.8. The standard InChI is InChI=1S/C19H24F2N2O3/c1-19(11-10-13-6-8-15(9-7-13)26-17(20)21)16(24)23(18(25)22-19)12-14-4-2-3-5-14/h6-9,14,17H,2-5,10-12H2,1H3,(H,22,25). The smallest absolute Gasteiger partial charge is 0.387 e. The molecule has 1 saturated carbocycles. The third kappa shape index (κ3) is 4.14. The van der Waals surface area contributed by atoms with Gasteiger partial charge in [-0.15, -0.1) is 0 Å². The van der Waals surface area contributed by atoms with Crippen molar-refractivity contribution in [3.8, 4) is 5.75 Å². The fourth-order valence-corrected chi connectivity index (χ4v) is 3.77. The summed E-state index contributed by atoms with van der Waals surface area (Å²) in [4.78, 5) is 26.4. The van der Waals surface area contributed by atoms with Crippen LogP contribution in [0.25, 0.3) is 0 Å². The lowest BCUT2D eigenvalue weighted by Gasteiger charge is -2.22. The zero-order chi connectivity index (χ0) is 18.7. The van der Waals surface area contributed by atoms with Crippen LogP contribution in [0.1, 0.15) is 44.6 Å². The predicted molar refractivity (Wildman–Crippen MR) is 92.0 cm³/mol. The molecule has 7 heteroatoms. The molecule has 1 atom stereocenters. The number of urea groups is 1. The molecule has 2 fully saturated rings. The molecule has 2 aliphatic rings. The van der Waals surface area contributed by atoms with Gasteiger partial charge in [0.1, 0.15) is 11.3 Å². The summed E-state index contributed by atoms with van der Waals surface area (Å²) in [5, 5.41) is 2.83. The highest BCUT2D eigenvalue weighted by Gasteiger charge is 2.47. The third-order valence-electron chi connectivity index (χ3n) is 5.32. The van der Waals surface area contributed by atoms with Gasteiger partial charge in [0.2, 0.25) is 0 Å². The lowest BCUT2D eigenvalue weighted by atomic mass is 9.93. The van der Waals surface area contributed by atoms with Gasteiger partial charge in [0.25, 0.3) is 5.91 Å². The molecule has 1 heterocycles. The Morgan fingerprint density at radius 3 is 2.50 bits per heavy atom. The molecule has 5 nitrogen and oxygen atoms in total. The van der Waals surface area contributed by atoms with E-state index in [-0.39, 0.29) is 17.7 Å². The molecule has 1 unspecified atom stereocenters. The number of benzene rings is 1. The number of amides is 3. The van der Waals surface area contributed by atoms with Crippen molar-refractivity contribution in [1.82, 2.24) is 10.2 Å². The molecule has 1 saturated heterocycles. The Morgan fingerprint density at radius 2 is 1.88 bits per heavy atom. The molecule has 1 aromatic carbocycles. The van der Waals surface area contributed by atoms with Gasteiger partial charge < -0.3 is 10.1 Å². The Morgan fingerprint density at radius 1 is 1.23 bits per heavy atom. The lowest BCUT2D eigenvalue weighted by molar-refractivity contribution is -0.131. The largest absolute Gasteiger partial charge is 0.435 e. The fourth-order valence-electron chi connectivity index (χ4n) is 3.77. The quantitative estimate of drug-likeness (QED) is 0.748. The number of imide groups is 1. The second-order valence-electron chi connectivity index (χ2n) is 7.35. The molecule has 1 aliphatic heterocycles. The Hall–Kier alpha value is -2.18. The predicted octanol–water partition coefficient (Wildman–Crippen LogP) is 3.72. The maximum Gasteiger partial charge on any atom is 0.387 e. The van der Waals surface area contributed by atoms with Crippen LogP contribution in [0.4, 0.5) is 13.6 Å². The van der Waals surface area contributed by atoms with Gasteiger partial charge in [0, 0.05) is 6.54 Å². The van der Waals surface area contributed by atoms with Crippen LogP contribution >= 0.6 is 0 Å². The van der Waals surface area contributed by atoms with Gasteiger partial charge in [-0.05, 0) is 56.2 Å². The minimum atomic E-state index is -2.85. The van der Waals surface area contributed by atoms with Crippen LogP contribution in [-0.4, -0.2) is 35.5 Å². The van der Waals surface area contributed by atoms with Gasteiger partial charge >= 0.3 is 12.6 Å². The molecule has 1 aromatic rings. The average Bonchev–Trinajstić information content (AvgIpc) is 3.17. The maximum absolute atomic E-state index is 12.8. The minimum absolute atomic E-state index is 0.1000. The number of alkyl halides is 2. The van der Waals surface area contributed by atoms with E-state index in [0.29, 0.717) is 25.3 Å². The molecule has 26 heavy (non-hydrogen) atoms. The first-order valence-electron chi connectivity index (χ1n) is 9.05. The van der Waals surface area contributed by atoms with Crippen molar-refractivity contribution in [2.75, 3.05) is 6.54 Å². The van der Waals surface area contributed by atoms with Crippen LogP contribution in [0, 0.1) is 5.92 Å². The highest BCUT2D eigenvalue weighted by Crippen LogP contribution is 2.29. The number of halogens is 2. The van der Waals surface area contributed by atoms with Crippen molar-refractivity contribution in [2.24, 2.45) is 5.92 Å². The van der Waals surface area contributed by atoms with E-state index in [1.54, 1.807) is 19.1 Å². The lowest BCUT2D eigenvalue weighted by Crippen LogP contribution is -2.44. The van der Waals surface area contributed by atoms with Crippen LogP contribution in [0.5, 0.6) is 5.75 Å². The third-order valence-corrected chi connectivity index (χ3v) is 5.32. The number of rotatable bonds is 7. The number of ether oxygens (including phenoxy) is 1.